The van der Waals surface area contributed by atoms with E-state index in [4.69, 9.17) is 10.5 Å². The fraction of sp³-hybridized carbons (Fsp3) is 0.214. The average molecular weight is 478 g/mol. The first-order valence-electron chi connectivity index (χ1n) is 11.8. The van der Waals surface area contributed by atoms with E-state index in [1.165, 1.54) is 0 Å². The standard InChI is InChI=1S/C28H23N5O3/c29-13-5-7-15-31-17-21(19-9-1-3-11-23(19)31)25-26(28(35)33(36)27(25)34)22-18-32(16-8-6-14-30)24-12-4-2-10-20(22)24/h1-4,9-12,17-18,36H,5-8,15-16H2. The highest BCUT2D eigenvalue weighted by atomic mass is 16.5. The minimum atomic E-state index is -0.767. The highest BCUT2D eigenvalue weighted by molar-refractivity contribution is 6.50. The van der Waals surface area contributed by atoms with Gasteiger partial charge in [0.15, 0.2) is 0 Å². The second-order valence-corrected chi connectivity index (χ2v) is 8.70. The third-order valence-corrected chi connectivity index (χ3v) is 6.55. The quantitative estimate of drug-likeness (QED) is 0.221. The molecule has 4 aromatic rings. The van der Waals surface area contributed by atoms with E-state index in [1.807, 2.05) is 70.1 Å². The maximum Gasteiger partial charge on any atom is 0.286 e. The van der Waals surface area contributed by atoms with Gasteiger partial charge >= 0.3 is 0 Å². The van der Waals surface area contributed by atoms with E-state index in [9.17, 15) is 14.8 Å². The van der Waals surface area contributed by atoms with Crippen LogP contribution in [0.2, 0.25) is 0 Å². The number of benzene rings is 2. The molecule has 8 heteroatoms. The lowest BCUT2D eigenvalue weighted by atomic mass is 9.95. The molecular weight excluding hydrogens is 454 g/mol. The van der Waals surface area contributed by atoms with Crippen molar-refractivity contribution < 1.29 is 14.8 Å². The zero-order valence-corrected chi connectivity index (χ0v) is 19.5. The van der Waals surface area contributed by atoms with E-state index < -0.39 is 11.8 Å². The van der Waals surface area contributed by atoms with Crippen LogP contribution in [-0.2, 0) is 22.7 Å². The van der Waals surface area contributed by atoms with Crippen LogP contribution in [0.25, 0.3) is 33.0 Å². The van der Waals surface area contributed by atoms with Gasteiger partial charge in [0, 0.05) is 71.3 Å². The Balaban J connectivity index is 1.74. The SMILES string of the molecule is N#CCCCn1cc(C2=C(c3cn(CCCC#N)c4ccccc34)C(=O)N(O)C2=O)c2ccccc21. The number of amides is 2. The number of carbonyl (C=O) groups excluding carboxylic acids is 2. The van der Waals surface area contributed by atoms with Crippen molar-refractivity contribution in [1.82, 2.24) is 14.2 Å². The molecular formula is C28H23N5O3. The predicted octanol–water partition coefficient (Wildman–Crippen LogP) is 4.87. The second-order valence-electron chi connectivity index (χ2n) is 8.70. The largest absolute Gasteiger partial charge is 0.347 e. The van der Waals surface area contributed by atoms with Crippen LogP contribution in [0.3, 0.4) is 0 Å². The molecule has 0 unspecified atom stereocenters. The van der Waals surface area contributed by atoms with E-state index in [0.29, 0.717) is 49.9 Å². The third kappa shape index (κ3) is 3.74. The van der Waals surface area contributed by atoms with Gasteiger partial charge in [-0.25, -0.2) is 0 Å². The van der Waals surface area contributed by atoms with Crippen molar-refractivity contribution in [1.29, 1.82) is 10.5 Å². The molecule has 0 saturated carbocycles. The van der Waals surface area contributed by atoms with Crippen LogP contribution >= 0.6 is 0 Å². The summed E-state index contributed by atoms with van der Waals surface area (Å²) in [5.74, 6) is -1.53. The predicted molar refractivity (Wildman–Crippen MR) is 134 cm³/mol. The van der Waals surface area contributed by atoms with Crippen molar-refractivity contribution >= 4 is 44.8 Å². The van der Waals surface area contributed by atoms with Crippen molar-refractivity contribution in [3.8, 4) is 12.1 Å². The Kier molecular flexibility index (Phi) is 6.12. The number of aromatic nitrogens is 2. The van der Waals surface area contributed by atoms with Gasteiger partial charge in [0.25, 0.3) is 11.8 Å². The average Bonchev–Trinajstić information content (AvgIpc) is 3.51. The van der Waals surface area contributed by atoms with E-state index in [0.717, 1.165) is 21.8 Å². The molecule has 0 radical (unpaired) electrons. The highest BCUT2D eigenvalue weighted by Crippen LogP contribution is 2.41. The molecule has 1 aliphatic heterocycles. The Hall–Kier alpha value is -4.66. The molecule has 0 bridgehead atoms. The van der Waals surface area contributed by atoms with Crippen LogP contribution < -0.4 is 0 Å². The van der Waals surface area contributed by atoms with Crippen molar-refractivity contribution in [3.63, 3.8) is 0 Å². The van der Waals surface area contributed by atoms with Gasteiger partial charge in [0.05, 0.1) is 23.3 Å². The number of imide groups is 1. The molecule has 0 fully saturated rings. The van der Waals surface area contributed by atoms with Gasteiger partial charge in [0.2, 0.25) is 0 Å². The number of fused-ring (bicyclic) bond motifs is 2. The van der Waals surface area contributed by atoms with Crippen LogP contribution in [0, 0.1) is 22.7 Å². The minimum Gasteiger partial charge on any atom is -0.347 e. The van der Waals surface area contributed by atoms with Gasteiger partial charge in [0.1, 0.15) is 0 Å². The second kappa shape index (κ2) is 9.53. The maximum absolute atomic E-state index is 13.3. The van der Waals surface area contributed by atoms with Crippen LogP contribution in [0.4, 0.5) is 0 Å². The number of rotatable bonds is 8. The normalized spacial score (nSPS) is 13.7. The Morgan fingerprint density at radius 1 is 0.694 bits per heavy atom. The fourth-order valence-corrected chi connectivity index (χ4v) is 4.94. The van der Waals surface area contributed by atoms with E-state index in [2.05, 4.69) is 12.1 Å². The van der Waals surface area contributed by atoms with Crippen LogP contribution in [0.5, 0.6) is 0 Å². The molecule has 8 nitrogen and oxygen atoms in total. The molecule has 178 valence electrons. The van der Waals surface area contributed by atoms with Gasteiger partial charge in [-0.1, -0.05) is 36.4 Å². The number of unbranched alkanes of at least 4 members (excludes halogenated alkanes) is 2. The highest BCUT2D eigenvalue weighted by Gasteiger charge is 2.41. The molecule has 2 amide bonds. The van der Waals surface area contributed by atoms with Gasteiger partial charge in [-0.3, -0.25) is 14.8 Å². The van der Waals surface area contributed by atoms with Crippen molar-refractivity contribution in [2.45, 2.75) is 38.8 Å². The summed E-state index contributed by atoms with van der Waals surface area (Å²) >= 11 is 0. The molecule has 0 spiro atoms. The monoisotopic (exact) mass is 477 g/mol. The molecule has 3 heterocycles. The summed E-state index contributed by atoms with van der Waals surface area (Å²) < 4.78 is 3.96. The molecule has 2 aromatic heterocycles. The molecule has 2 aromatic carbocycles. The van der Waals surface area contributed by atoms with Gasteiger partial charge in [-0.05, 0) is 25.0 Å². The lowest BCUT2D eigenvalue weighted by Gasteiger charge is -2.03. The molecule has 0 saturated heterocycles. The lowest BCUT2D eigenvalue weighted by molar-refractivity contribution is -0.168. The van der Waals surface area contributed by atoms with E-state index >= 15 is 0 Å². The fourth-order valence-electron chi connectivity index (χ4n) is 4.94. The van der Waals surface area contributed by atoms with Gasteiger partial charge < -0.3 is 9.13 Å². The first-order chi connectivity index (χ1) is 17.6. The molecule has 0 aliphatic carbocycles. The molecule has 1 aliphatic rings. The summed E-state index contributed by atoms with van der Waals surface area (Å²) in [6.45, 7) is 1.17. The van der Waals surface area contributed by atoms with Crippen molar-refractivity contribution in [2.75, 3.05) is 0 Å². The summed E-state index contributed by atoms with van der Waals surface area (Å²) in [5.41, 5.74) is 3.19. The van der Waals surface area contributed by atoms with E-state index in [-0.39, 0.29) is 16.2 Å². The molecule has 36 heavy (non-hydrogen) atoms. The first-order valence-corrected chi connectivity index (χ1v) is 11.8. The number of nitrogens with zero attached hydrogens (tertiary/aromatic N) is 5. The molecule has 0 atom stereocenters. The number of para-hydroxylation sites is 2. The minimum absolute atomic E-state index is 0.151. The maximum atomic E-state index is 13.3. The van der Waals surface area contributed by atoms with Crippen LogP contribution in [0.1, 0.15) is 36.8 Å². The van der Waals surface area contributed by atoms with Crippen molar-refractivity contribution in [3.05, 3.63) is 72.1 Å². The number of hydrogen-bond acceptors (Lipinski definition) is 5. The Morgan fingerprint density at radius 3 is 1.53 bits per heavy atom. The molecule has 5 rings (SSSR count). The smallest absolute Gasteiger partial charge is 0.286 e. The zero-order valence-electron chi connectivity index (χ0n) is 19.5. The topological polar surface area (TPSA) is 115 Å². The Bertz CT molecular complexity index is 1510. The summed E-state index contributed by atoms with van der Waals surface area (Å²) in [7, 11) is 0. The number of carbonyl (C=O) groups is 2. The summed E-state index contributed by atoms with van der Waals surface area (Å²) in [6.07, 6.45) is 5.76. The van der Waals surface area contributed by atoms with Gasteiger partial charge in [-0.2, -0.15) is 10.5 Å². The Labute approximate surface area is 207 Å². The van der Waals surface area contributed by atoms with E-state index in [1.54, 1.807) is 0 Å². The van der Waals surface area contributed by atoms with Crippen LogP contribution in [-0.4, -0.2) is 31.2 Å². The first kappa shape index (κ1) is 23.1. The van der Waals surface area contributed by atoms with Crippen molar-refractivity contribution in [2.24, 2.45) is 0 Å². The summed E-state index contributed by atoms with van der Waals surface area (Å²) in [4.78, 5) is 26.5. The summed E-state index contributed by atoms with van der Waals surface area (Å²) in [6, 6.07) is 19.5. The number of hydrogen-bond donors (Lipinski definition) is 1. The third-order valence-electron chi connectivity index (χ3n) is 6.55. The number of aryl methyl sites for hydroxylation is 2. The Morgan fingerprint density at radius 2 is 1.11 bits per heavy atom. The number of hydroxylamine groups is 2. The van der Waals surface area contributed by atoms with Gasteiger partial charge in [-0.15, -0.1) is 5.06 Å². The molecule has 1 N–H and O–H groups in total. The zero-order chi connectivity index (χ0) is 25.2. The summed E-state index contributed by atoms with van der Waals surface area (Å²) in [5, 5.41) is 30.1. The number of nitriles is 2. The lowest BCUT2D eigenvalue weighted by Crippen LogP contribution is -2.27. The van der Waals surface area contributed by atoms with Crippen LogP contribution in [0.15, 0.2) is 60.9 Å².